The molecule has 0 saturated heterocycles. The molecule has 0 aliphatic carbocycles. The molecule has 1 heterocycles. The van der Waals surface area contributed by atoms with Crippen LogP contribution in [0.2, 0.25) is 0 Å². The number of aliphatic hydroxyl groups excluding tert-OH is 1. The topological polar surface area (TPSA) is 88.1 Å². The van der Waals surface area contributed by atoms with E-state index >= 15 is 0 Å². The molecule has 0 atom stereocenters. The Hall–Kier alpha value is -2.52. The molecule has 1 aliphatic rings. The fraction of sp³-hybridized carbons (Fsp3) is 0.333. The number of nitrogens with zero attached hydrogens (tertiary/aromatic N) is 1. The van der Waals surface area contributed by atoms with Gasteiger partial charge in [0.2, 0.25) is 0 Å². The zero-order valence-corrected chi connectivity index (χ0v) is 12.8. The minimum atomic E-state index is -0.960. The van der Waals surface area contributed by atoms with Gasteiger partial charge < -0.3 is 19.9 Å². The Kier molecular flexibility index (Phi) is 5.83. The first-order valence-electron chi connectivity index (χ1n) is 7.04. The smallest absolute Gasteiger partial charge is 0.277 e. The van der Waals surface area contributed by atoms with Gasteiger partial charge in [-0.05, 0) is 0 Å². The van der Waals surface area contributed by atoms with Crippen LogP contribution in [0.4, 0.5) is 14.5 Å². The molecule has 0 aromatic heterocycles. The predicted octanol–water partition coefficient (Wildman–Crippen LogP) is 0.647. The first kappa shape index (κ1) is 17.8. The van der Waals surface area contributed by atoms with E-state index in [4.69, 9.17) is 14.6 Å². The Morgan fingerprint density at radius 1 is 1.21 bits per heavy atom. The summed E-state index contributed by atoms with van der Waals surface area (Å²) in [5.74, 6) is -3.77. The number of carbonyl (C=O) groups excluding carboxylic acids is 2. The van der Waals surface area contributed by atoms with Crippen LogP contribution in [0.5, 0.6) is 5.75 Å². The highest BCUT2D eigenvalue weighted by Crippen LogP contribution is 2.27. The van der Waals surface area contributed by atoms with E-state index < -0.39 is 29.2 Å². The van der Waals surface area contributed by atoms with Crippen LogP contribution in [-0.4, -0.2) is 55.3 Å². The normalized spacial score (nSPS) is 14.2. The molecule has 0 radical (unpaired) electrons. The van der Waals surface area contributed by atoms with Crippen molar-refractivity contribution in [3.05, 3.63) is 35.5 Å². The van der Waals surface area contributed by atoms with Crippen LogP contribution < -0.4 is 10.1 Å². The third kappa shape index (κ3) is 3.87. The van der Waals surface area contributed by atoms with Crippen molar-refractivity contribution in [2.75, 3.05) is 38.8 Å². The summed E-state index contributed by atoms with van der Waals surface area (Å²) in [7, 11) is 1.43. The molecular formula is C15H16F2N2O5. The maximum atomic E-state index is 13.9. The predicted molar refractivity (Wildman–Crippen MR) is 79.2 cm³/mol. The third-order valence-corrected chi connectivity index (χ3v) is 3.14. The number of nitrogens with one attached hydrogen (secondary N) is 1. The molecule has 7 nitrogen and oxygen atoms in total. The molecule has 2 N–H and O–H groups in total. The summed E-state index contributed by atoms with van der Waals surface area (Å²) < 4.78 is 37.5. The van der Waals surface area contributed by atoms with Crippen molar-refractivity contribution >= 4 is 17.5 Å². The fourth-order valence-electron chi connectivity index (χ4n) is 2.06. The number of methoxy groups -OCH3 is 1. The number of halogens is 2. The Labute approximate surface area is 136 Å². The van der Waals surface area contributed by atoms with E-state index in [0.717, 1.165) is 23.1 Å². The SMILES string of the molecule is COCCOc1c(F)cc(NC2=CC(=O)N(CCO)C2=O)cc1F. The minimum absolute atomic E-state index is 0.0224. The van der Waals surface area contributed by atoms with E-state index in [9.17, 15) is 18.4 Å². The first-order chi connectivity index (χ1) is 11.5. The van der Waals surface area contributed by atoms with Gasteiger partial charge in [-0.3, -0.25) is 14.5 Å². The zero-order chi connectivity index (χ0) is 17.7. The molecule has 0 fully saturated rings. The maximum Gasteiger partial charge on any atom is 0.277 e. The molecule has 1 aromatic rings. The lowest BCUT2D eigenvalue weighted by Crippen LogP contribution is -2.34. The second-order valence-corrected chi connectivity index (χ2v) is 4.81. The number of hydrogen-bond acceptors (Lipinski definition) is 6. The number of carbonyl (C=O) groups is 2. The van der Waals surface area contributed by atoms with E-state index in [1.165, 1.54) is 7.11 Å². The molecule has 0 saturated carbocycles. The average Bonchev–Trinajstić information content (AvgIpc) is 2.78. The van der Waals surface area contributed by atoms with Crippen molar-refractivity contribution in [2.45, 2.75) is 0 Å². The van der Waals surface area contributed by atoms with Crippen molar-refractivity contribution in [3.63, 3.8) is 0 Å². The van der Waals surface area contributed by atoms with Gasteiger partial charge in [0.05, 0.1) is 19.8 Å². The number of β-amino-alcohol motifs (C(OH)–C–C–N with tert-alkyl or cyclic N) is 1. The lowest BCUT2D eigenvalue weighted by Gasteiger charge is -2.14. The standard InChI is InChI=1S/C15H16F2N2O5/c1-23-4-5-24-14-10(16)6-9(7-11(14)17)18-12-8-13(21)19(2-3-20)15(12)22/h6-8,18,20H,2-5H2,1H3. The quantitative estimate of drug-likeness (QED) is 0.533. The largest absolute Gasteiger partial charge is 0.485 e. The number of anilines is 1. The molecule has 1 aromatic carbocycles. The Morgan fingerprint density at radius 3 is 2.46 bits per heavy atom. The van der Waals surface area contributed by atoms with Crippen molar-refractivity contribution in [2.24, 2.45) is 0 Å². The number of ether oxygens (including phenoxy) is 2. The number of amides is 2. The van der Waals surface area contributed by atoms with E-state index in [1.807, 2.05) is 0 Å². The van der Waals surface area contributed by atoms with Gasteiger partial charge in [0.15, 0.2) is 17.4 Å². The van der Waals surface area contributed by atoms with E-state index in [2.05, 4.69) is 5.32 Å². The summed E-state index contributed by atoms with van der Waals surface area (Å²) >= 11 is 0. The molecular weight excluding hydrogens is 326 g/mol. The van der Waals surface area contributed by atoms with Gasteiger partial charge in [0.25, 0.3) is 11.8 Å². The number of imide groups is 1. The monoisotopic (exact) mass is 342 g/mol. The molecule has 1 aliphatic heterocycles. The summed E-state index contributed by atoms with van der Waals surface area (Å²) in [6, 6.07) is 1.89. The second kappa shape index (κ2) is 7.84. The molecule has 130 valence electrons. The second-order valence-electron chi connectivity index (χ2n) is 4.81. The number of hydrogen-bond donors (Lipinski definition) is 2. The molecule has 0 bridgehead atoms. The molecule has 2 amide bonds. The van der Waals surface area contributed by atoms with Crippen molar-refractivity contribution in [1.82, 2.24) is 4.90 Å². The summed E-state index contributed by atoms with van der Waals surface area (Å²) in [6.45, 7) is -0.391. The summed E-state index contributed by atoms with van der Waals surface area (Å²) in [5, 5.41) is 11.3. The van der Waals surface area contributed by atoms with Crippen molar-refractivity contribution in [3.8, 4) is 5.75 Å². The fourth-order valence-corrected chi connectivity index (χ4v) is 2.06. The molecule has 0 unspecified atom stereocenters. The van der Waals surface area contributed by atoms with Crippen molar-refractivity contribution in [1.29, 1.82) is 0 Å². The Bertz CT molecular complexity index is 655. The molecule has 2 rings (SSSR count). The van der Waals surface area contributed by atoms with Gasteiger partial charge in [0.1, 0.15) is 12.3 Å². The van der Waals surface area contributed by atoms with Crippen LogP contribution in [0.25, 0.3) is 0 Å². The van der Waals surface area contributed by atoms with Crippen LogP contribution in [0, 0.1) is 11.6 Å². The number of rotatable bonds is 8. The lowest BCUT2D eigenvalue weighted by molar-refractivity contribution is -0.137. The molecule has 24 heavy (non-hydrogen) atoms. The Morgan fingerprint density at radius 2 is 1.88 bits per heavy atom. The summed E-state index contributed by atoms with van der Waals surface area (Å²) in [6.07, 6.45) is 0.997. The molecule has 0 spiro atoms. The first-order valence-corrected chi connectivity index (χ1v) is 7.04. The number of benzene rings is 1. The van der Waals surface area contributed by atoms with Gasteiger partial charge in [-0.1, -0.05) is 0 Å². The summed E-state index contributed by atoms with van der Waals surface area (Å²) in [4.78, 5) is 24.4. The van der Waals surface area contributed by atoms with Gasteiger partial charge in [-0.25, -0.2) is 8.78 Å². The minimum Gasteiger partial charge on any atom is -0.485 e. The van der Waals surface area contributed by atoms with Crippen LogP contribution >= 0.6 is 0 Å². The van der Waals surface area contributed by atoms with Crippen LogP contribution in [0.15, 0.2) is 23.9 Å². The van der Waals surface area contributed by atoms with E-state index in [0.29, 0.717) is 0 Å². The highest BCUT2D eigenvalue weighted by atomic mass is 19.1. The molecule has 9 heteroatoms. The van der Waals surface area contributed by atoms with E-state index in [-0.39, 0.29) is 37.7 Å². The van der Waals surface area contributed by atoms with Gasteiger partial charge in [0, 0.05) is 31.0 Å². The highest BCUT2D eigenvalue weighted by molar-refractivity contribution is 6.17. The van der Waals surface area contributed by atoms with E-state index in [1.54, 1.807) is 0 Å². The lowest BCUT2D eigenvalue weighted by atomic mass is 10.2. The van der Waals surface area contributed by atoms with Gasteiger partial charge in [-0.2, -0.15) is 0 Å². The average molecular weight is 342 g/mol. The van der Waals surface area contributed by atoms with Crippen LogP contribution in [0.1, 0.15) is 0 Å². The van der Waals surface area contributed by atoms with Gasteiger partial charge in [-0.15, -0.1) is 0 Å². The van der Waals surface area contributed by atoms with Crippen LogP contribution in [-0.2, 0) is 14.3 Å². The highest BCUT2D eigenvalue weighted by Gasteiger charge is 2.30. The third-order valence-electron chi connectivity index (χ3n) is 3.14. The maximum absolute atomic E-state index is 13.9. The number of aliphatic hydroxyl groups is 1. The summed E-state index contributed by atoms with van der Waals surface area (Å²) in [5.41, 5.74) is -0.192. The van der Waals surface area contributed by atoms with Crippen LogP contribution in [0.3, 0.4) is 0 Å². The van der Waals surface area contributed by atoms with Crippen molar-refractivity contribution < 1.29 is 33.0 Å². The Balaban J connectivity index is 2.12. The van der Waals surface area contributed by atoms with Gasteiger partial charge >= 0.3 is 0 Å². The zero-order valence-electron chi connectivity index (χ0n) is 12.8.